The van der Waals surface area contributed by atoms with Crippen LogP contribution in [0, 0.1) is 0 Å². The van der Waals surface area contributed by atoms with Crippen molar-refractivity contribution in [2.45, 2.75) is 20.0 Å². The molecule has 0 atom stereocenters. The molecule has 1 aromatic heterocycles. The highest BCUT2D eigenvalue weighted by molar-refractivity contribution is 5.86. The Morgan fingerprint density at radius 1 is 1.26 bits per heavy atom. The highest BCUT2D eigenvalue weighted by atomic mass is 16.6. The number of hydrogen-bond acceptors (Lipinski definition) is 6. The molecule has 0 radical (unpaired) electrons. The first-order valence-corrected chi connectivity index (χ1v) is 7.34. The Balaban J connectivity index is 1.83. The van der Waals surface area contributed by atoms with E-state index >= 15 is 0 Å². The predicted octanol–water partition coefficient (Wildman–Crippen LogP) is 2.29. The van der Waals surface area contributed by atoms with Gasteiger partial charge in [-0.1, -0.05) is 19.1 Å². The molecule has 0 amide bonds. The molecule has 120 valence electrons. The molecular formula is C17H16O6. The van der Waals surface area contributed by atoms with E-state index in [1.54, 1.807) is 0 Å². The second-order valence-electron chi connectivity index (χ2n) is 5.05. The third-order valence-electron chi connectivity index (χ3n) is 3.51. The molecule has 6 nitrogen and oxygen atoms in total. The van der Waals surface area contributed by atoms with Gasteiger partial charge in [-0.3, -0.25) is 0 Å². The molecule has 2 heterocycles. The smallest absolute Gasteiger partial charge is 0.377 e. The van der Waals surface area contributed by atoms with Gasteiger partial charge in [-0.2, -0.15) is 0 Å². The van der Waals surface area contributed by atoms with Crippen LogP contribution in [0.3, 0.4) is 0 Å². The van der Waals surface area contributed by atoms with Crippen LogP contribution in [0.1, 0.15) is 18.1 Å². The molecule has 1 aliphatic rings. The van der Waals surface area contributed by atoms with Crippen molar-refractivity contribution in [1.82, 2.24) is 0 Å². The topological polar surface area (TPSA) is 75.0 Å². The lowest BCUT2D eigenvalue weighted by Gasteiger charge is -2.14. The third kappa shape index (κ3) is 3.36. The summed E-state index contributed by atoms with van der Waals surface area (Å²) in [6, 6.07) is 6.96. The Morgan fingerprint density at radius 2 is 2.13 bits per heavy atom. The molecule has 0 saturated heterocycles. The number of aryl methyl sites for hydroxylation is 1. The second kappa shape index (κ2) is 6.56. The van der Waals surface area contributed by atoms with E-state index in [0.29, 0.717) is 24.4 Å². The van der Waals surface area contributed by atoms with Crippen LogP contribution in [0.2, 0.25) is 0 Å². The summed E-state index contributed by atoms with van der Waals surface area (Å²) in [4.78, 5) is 23.6. The lowest BCUT2D eigenvalue weighted by atomic mass is 10.1. The summed E-state index contributed by atoms with van der Waals surface area (Å²) in [6.07, 6.45) is 2.07. The molecule has 0 fully saturated rings. The van der Waals surface area contributed by atoms with Crippen LogP contribution >= 0.6 is 0 Å². The minimum Gasteiger partial charge on any atom is -0.493 e. The third-order valence-corrected chi connectivity index (χ3v) is 3.51. The van der Waals surface area contributed by atoms with E-state index in [9.17, 15) is 9.59 Å². The average molecular weight is 316 g/mol. The van der Waals surface area contributed by atoms with Crippen molar-refractivity contribution >= 4 is 16.9 Å². The number of hydrogen-bond donors (Lipinski definition) is 0. The Labute approximate surface area is 132 Å². The number of carbonyl (C=O) groups is 1. The molecule has 0 N–H and O–H groups in total. The summed E-state index contributed by atoms with van der Waals surface area (Å²) >= 11 is 0. The Kier molecular flexibility index (Phi) is 4.32. The minimum atomic E-state index is -0.628. The zero-order chi connectivity index (χ0) is 16.2. The fourth-order valence-electron chi connectivity index (χ4n) is 2.30. The van der Waals surface area contributed by atoms with Crippen molar-refractivity contribution in [3.63, 3.8) is 0 Å². The van der Waals surface area contributed by atoms with Gasteiger partial charge in [0.15, 0.2) is 0 Å². The van der Waals surface area contributed by atoms with Crippen LogP contribution in [-0.4, -0.2) is 19.2 Å². The van der Waals surface area contributed by atoms with Crippen LogP contribution in [0.4, 0.5) is 0 Å². The Hall–Kier alpha value is -2.76. The first kappa shape index (κ1) is 15.1. The molecule has 2 aromatic rings. The summed E-state index contributed by atoms with van der Waals surface area (Å²) in [7, 11) is 0. The van der Waals surface area contributed by atoms with E-state index in [0.717, 1.165) is 17.4 Å². The molecule has 0 saturated carbocycles. The van der Waals surface area contributed by atoms with Crippen molar-refractivity contribution in [2.24, 2.45) is 0 Å². The van der Waals surface area contributed by atoms with Crippen LogP contribution in [0.25, 0.3) is 11.0 Å². The fraction of sp³-hybridized carbons (Fsp3) is 0.294. The standard InChI is InChI=1S/C17H16O6/c1-2-11-3-4-13-12(8-16(18)23-14(13)7-11)9-22-17(19)15-10-20-5-6-21-15/h3-4,7-8,10H,2,5-6,9H2,1H3. The zero-order valence-electron chi connectivity index (χ0n) is 12.7. The molecule has 0 aliphatic carbocycles. The van der Waals surface area contributed by atoms with E-state index < -0.39 is 11.6 Å². The van der Waals surface area contributed by atoms with E-state index in [-0.39, 0.29) is 12.4 Å². The second-order valence-corrected chi connectivity index (χ2v) is 5.05. The number of rotatable bonds is 4. The molecule has 0 spiro atoms. The fourth-order valence-corrected chi connectivity index (χ4v) is 2.30. The zero-order valence-corrected chi connectivity index (χ0v) is 12.7. The van der Waals surface area contributed by atoms with Gasteiger partial charge in [-0.25, -0.2) is 9.59 Å². The van der Waals surface area contributed by atoms with Gasteiger partial charge in [-0.05, 0) is 18.1 Å². The molecule has 23 heavy (non-hydrogen) atoms. The number of esters is 1. The first-order valence-electron chi connectivity index (χ1n) is 7.34. The van der Waals surface area contributed by atoms with Crippen molar-refractivity contribution < 1.29 is 23.4 Å². The van der Waals surface area contributed by atoms with Gasteiger partial charge in [-0.15, -0.1) is 0 Å². The molecule has 1 aliphatic heterocycles. The van der Waals surface area contributed by atoms with Crippen LogP contribution in [0.15, 0.2) is 45.5 Å². The predicted molar refractivity (Wildman–Crippen MR) is 81.6 cm³/mol. The van der Waals surface area contributed by atoms with Crippen molar-refractivity contribution in [3.8, 4) is 0 Å². The average Bonchev–Trinajstić information content (AvgIpc) is 2.59. The van der Waals surface area contributed by atoms with Gasteiger partial charge in [0.25, 0.3) is 0 Å². The van der Waals surface area contributed by atoms with Gasteiger partial charge in [0, 0.05) is 17.0 Å². The monoisotopic (exact) mass is 316 g/mol. The summed E-state index contributed by atoms with van der Waals surface area (Å²) < 4.78 is 20.6. The van der Waals surface area contributed by atoms with Crippen LogP contribution in [-0.2, 0) is 32.0 Å². The molecule has 3 rings (SSSR count). The van der Waals surface area contributed by atoms with Crippen LogP contribution in [0.5, 0.6) is 0 Å². The normalized spacial score (nSPS) is 13.9. The largest absolute Gasteiger partial charge is 0.493 e. The Morgan fingerprint density at radius 3 is 2.87 bits per heavy atom. The summed E-state index contributed by atoms with van der Waals surface area (Å²) in [5.74, 6) is -0.604. The van der Waals surface area contributed by atoms with E-state index in [2.05, 4.69) is 0 Å². The van der Waals surface area contributed by atoms with Crippen LogP contribution < -0.4 is 5.63 Å². The van der Waals surface area contributed by atoms with E-state index in [1.807, 2.05) is 25.1 Å². The van der Waals surface area contributed by atoms with Gasteiger partial charge in [0.1, 0.15) is 31.7 Å². The molecule has 0 unspecified atom stereocenters. The molecular weight excluding hydrogens is 300 g/mol. The number of carbonyl (C=O) groups excluding carboxylic acids is 1. The lowest BCUT2D eigenvalue weighted by molar-refractivity contribution is -0.145. The van der Waals surface area contributed by atoms with Crippen molar-refractivity contribution in [2.75, 3.05) is 13.2 Å². The maximum atomic E-state index is 11.9. The van der Waals surface area contributed by atoms with Gasteiger partial charge < -0.3 is 18.6 Å². The summed E-state index contributed by atoms with van der Waals surface area (Å²) in [5.41, 5.74) is 1.66. The minimum absolute atomic E-state index is 0.0248. The first-order chi connectivity index (χ1) is 11.2. The number of fused-ring (bicyclic) bond motifs is 1. The van der Waals surface area contributed by atoms with Gasteiger partial charge in [0.05, 0.1) is 0 Å². The maximum Gasteiger partial charge on any atom is 0.377 e. The summed E-state index contributed by atoms with van der Waals surface area (Å²) in [6.45, 7) is 2.68. The molecule has 1 aromatic carbocycles. The van der Waals surface area contributed by atoms with E-state index in [1.165, 1.54) is 12.3 Å². The number of ether oxygens (including phenoxy) is 3. The SMILES string of the molecule is CCc1ccc2c(COC(=O)C3=COCCO3)cc(=O)oc2c1. The maximum absolute atomic E-state index is 11.9. The van der Waals surface area contributed by atoms with Crippen molar-refractivity contribution in [3.05, 3.63) is 57.8 Å². The van der Waals surface area contributed by atoms with Crippen molar-refractivity contribution in [1.29, 1.82) is 0 Å². The quantitative estimate of drug-likeness (QED) is 0.636. The Bertz CT molecular complexity index is 817. The van der Waals surface area contributed by atoms with Gasteiger partial charge in [0.2, 0.25) is 5.76 Å². The molecule has 0 bridgehead atoms. The highest BCUT2D eigenvalue weighted by Crippen LogP contribution is 2.20. The molecule has 6 heteroatoms. The summed E-state index contributed by atoms with van der Waals surface area (Å²) in [5, 5.41) is 0.740. The lowest BCUT2D eigenvalue weighted by Crippen LogP contribution is -2.17. The highest BCUT2D eigenvalue weighted by Gasteiger charge is 2.17. The van der Waals surface area contributed by atoms with E-state index in [4.69, 9.17) is 18.6 Å². The van der Waals surface area contributed by atoms with Gasteiger partial charge >= 0.3 is 11.6 Å². The number of benzene rings is 1.